The Morgan fingerprint density at radius 2 is 1.29 bits per heavy atom. The van der Waals surface area contributed by atoms with Crippen molar-refractivity contribution in [3.8, 4) is 0 Å². The van der Waals surface area contributed by atoms with E-state index in [0.29, 0.717) is 13.1 Å². The van der Waals surface area contributed by atoms with E-state index < -0.39 is 15.1 Å². The SMILES string of the molecule is NCCN.[Cl][Zn][Cl]. The van der Waals surface area contributed by atoms with Gasteiger partial charge in [0, 0.05) is 13.1 Å². The summed E-state index contributed by atoms with van der Waals surface area (Å²) in [7, 11) is 9.90. The normalized spacial score (nSPS) is 5.71. The molecule has 0 rings (SSSR count). The van der Waals surface area contributed by atoms with E-state index in [2.05, 4.69) is 0 Å². The average molecular weight is 196 g/mol. The van der Waals surface area contributed by atoms with Crippen molar-refractivity contribution < 1.29 is 15.1 Å². The molecule has 0 aromatic carbocycles. The zero-order valence-electron chi connectivity index (χ0n) is 4.03. The van der Waals surface area contributed by atoms with Gasteiger partial charge < -0.3 is 11.5 Å². The van der Waals surface area contributed by atoms with E-state index in [-0.39, 0.29) is 0 Å². The zero-order valence-corrected chi connectivity index (χ0v) is 8.51. The van der Waals surface area contributed by atoms with Crippen molar-refractivity contribution in [2.45, 2.75) is 0 Å². The summed E-state index contributed by atoms with van der Waals surface area (Å²) in [6.45, 7) is 1.19. The first kappa shape index (κ1) is 11.0. The van der Waals surface area contributed by atoms with Crippen LogP contribution >= 0.6 is 19.4 Å². The quantitative estimate of drug-likeness (QED) is 0.592. The summed E-state index contributed by atoms with van der Waals surface area (Å²) in [5.74, 6) is 0. The van der Waals surface area contributed by atoms with Gasteiger partial charge in [0.25, 0.3) is 0 Å². The third-order valence-corrected chi connectivity index (χ3v) is 0.167. The third-order valence-electron chi connectivity index (χ3n) is 0.167. The van der Waals surface area contributed by atoms with Gasteiger partial charge in [0.15, 0.2) is 0 Å². The molecule has 42 valence electrons. The Morgan fingerprint density at radius 1 is 1.14 bits per heavy atom. The van der Waals surface area contributed by atoms with Crippen LogP contribution < -0.4 is 11.5 Å². The van der Waals surface area contributed by atoms with Crippen LogP contribution in [0.1, 0.15) is 0 Å². The van der Waals surface area contributed by atoms with Crippen molar-refractivity contribution in [1.29, 1.82) is 0 Å². The molecule has 7 heavy (non-hydrogen) atoms. The van der Waals surface area contributed by atoms with Crippen LogP contribution in [-0.2, 0) is 15.1 Å². The van der Waals surface area contributed by atoms with Crippen LogP contribution in [0, 0.1) is 0 Å². The molecule has 0 aliphatic heterocycles. The predicted octanol–water partition coefficient (Wildman–Crippen LogP) is 0.280. The van der Waals surface area contributed by atoms with Crippen LogP contribution in [0.15, 0.2) is 0 Å². The zero-order chi connectivity index (χ0) is 6.12. The van der Waals surface area contributed by atoms with Gasteiger partial charge in [0.1, 0.15) is 0 Å². The summed E-state index contributed by atoms with van der Waals surface area (Å²) < 4.78 is 0. The first-order valence-corrected chi connectivity index (χ1v) is 9.65. The predicted molar refractivity (Wildman–Crippen MR) is 29.8 cm³/mol. The summed E-state index contributed by atoms with van der Waals surface area (Å²) in [5, 5.41) is 0. The van der Waals surface area contributed by atoms with E-state index in [0.717, 1.165) is 0 Å². The molecule has 2 nitrogen and oxygen atoms in total. The minimum atomic E-state index is -0.931. The summed E-state index contributed by atoms with van der Waals surface area (Å²) >= 11 is -0.931. The van der Waals surface area contributed by atoms with Gasteiger partial charge in [-0.3, -0.25) is 0 Å². The Balaban J connectivity index is 0. The van der Waals surface area contributed by atoms with Gasteiger partial charge in [-0.25, -0.2) is 0 Å². The fraction of sp³-hybridized carbons (Fsp3) is 1.00. The summed E-state index contributed by atoms with van der Waals surface area (Å²) in [5.41, 5.74) is 9.81. The number of hydrogen-bond donors (Lipinski definition) is 2. The maximum atomic E-state index is 4.95. The Morgan fingerprint density at radius 3 is 1.29 bits per heavy atom. The molecule has 0 radical (unpaired) electrons. The summed E-state index contributed by atoms with van der Waals surface area (Å²) in [6, 6.07) is 0. The van der Waals surface area contributed by atoms with E-state index in [9.17, 15) is 0 Å². The van der Waals surface area contributed by atoms with Crippen molar-refractivity contribution >= 4 is 19.4 Å². The van der Waals surface area contributed by atoms with Gasteiger partial charge in [-0.1, -0.05) is 0 Å². The molecule has 0 saturated carbocycles. The molecule has 5 heteroatoms. The van der Waals surface area contributed by atoms with Crippen LogP contribution in [0.3, 0.4) is 0 Å². The molecular formula is C2H8Cl2N2Zn. The van der Waals surface area contributed by atoms with Gasteiger partial charge >= 0.3 is 34.5 Å². The molecule has 0 aliphatic carbocycles. The van der Waals surface area contributed by atoms with E-state index >= 15 is 0 Å². The van der Waals surface area contributed by atoms with Gasteiger partial charge in [-0.2, -0.15) is 0 Å². The van der Waals surface area contributed by atoms with E-state index in [4.69, 9.17) is 30.8 Å². The van der Waals surface area contributed by atoms with Crippen molar-refractivity contribution in [1.82, 2.24) is 0 Å². The molecule has 0 unspecified atom stereocenters. The molecule has 0 saturated heterocycles. The molecule has 0 amide bonds. The molecule has 0 aromatic rings. The standard InChI is InChI=1S/C2H8N2.2ClH.Zn/c3-1-2-4;;;/h1-4H2;2*1H;/q;;;+2/p-2. The first-order valence-electron chi connectivity index (χ1n) is 1.85. The van der Waals surface area contributed by atoms with Crippen LogP contribution in [-0.4, -0.2) is 13.1 Å². The van der Waals surface area contributed by atoms with Crippen molar-refractivity contribution in [3.05, 3.63) is 0 Å². The van der Waals surface area contributed by atoms with E-state index in [1.165, 1.54) is 0 Å². The summed E-state index contributed by atoms with van der Waals surface area (Å²) in [4.78, 5) is 0. The van der Waals surface area contributed by atoms with Crippen molar-refractivity contribution in [2.24, 2.45) is 11.5 Å². The molecule has 4 N–H and O–H groups in total. The van der Waals surface area contributed by atoms with Gasteiger partial charge in [-0.15, -0.1) is 0 Å². The second-order valence-corrected chi connectivity index (χ2v) is 5.30. The first-order chi connectivity index (χ1) is 3.33. The monoisotopic (exact) mass is 194 g/mol. The molecule has 0 atom stereocenters. The van der Waals surface area contributed by atoms with Crippen LogP contribution in [0.4, 0.5) is 0 Å². The van der Waals surface area contributed by atoms with Crippen molar-refractivity contribution in [3.63, 3.8) is 0 Å². The van der Waals surface area contributed by atoms with Gasteiger partial charge in [-0.05, 0) is 0 Å². The minimum absolute atomic E-state index is 0.597. The topological polar surface area (TPSA) is 52.0 Å². The molecule has 0 spiro atoms. The molecule has 0 heterocycles. The third kappa shape index (κ3) is 41.5. The Hall–Kier alpha value is 1.12. The Kier molecular flexibility index (Phi) is 24.7. The maximum absolute atomic E-state index is 4.95. The van der Waals surface area contributed by atoms with Gasteiger partial charge in [0.2, 0.25) is 0 Å². The van der Waals surface area contributed by atoms with E-state index in [1.54, 1.807) is 0 Å². The summed E-state index contributed by atoms with van der Waals surface area (Å²) in [6.07, 6.45) is 0. The molecule has 0 bridgehead atoms. The fourth-order valence-corrected chi connectivity index (χ4v) is 0. The van der Waals surface area contributed by atoms with Crippen LogP contribution in [0.25, 0.3) is 0 Å². The molecular weight excluding hydrogens is 188 g/mol. The number of nitrogens with two attached hydrogens (primary N) is 2. The Labute approximate surface area is 59.2 Å². The molecule has 0 aromatic heterocycles. The fourth-order valence-electron chi connectivity index (χ4n) is 0. The number of rotatable bonds is 1. The van der Waals surface area contributed by atoms with Crippen LogP contribution in [0.5, 0.6) is 0 Å². The van der Waals surface area contributed by atoms with Crippen LogP contribution in [0.2, 0.25) is 0 Å². The Bertz CT molecular complexity index is 21.2. The number of halogens is 2. The second-order valence-electron chi connectivity index (χ2n) is 0.678. The van der Waals surface area contributed by atoms with E-state index in [1.807, 2.05) is 0 Å². The second kappa shape index (κ2) is 15.7. The average Bonchev–Trinajstić information content (AvgIpc) is 1.69. The molecule has 0 aliphatic rings. The van der Waals surface area contributed by atoms with Crippen molar-refractivity contribution in [2.75, 3.05) is 13.1 Å². The number of hydrogen-bond acceptors (Lipinski definition) is 2. The van der Waals surface area contributed by atoms with Gasteiger partial charge in [0.05, 0.1) is 0 Å². The molecule has 0 fully saturated rings.